The minimum Gasteiger partial charge on any atom is -0.480 e. The fraction of sp³-hybridized carbons (Fsp3) is 0.533. The van der Waals surface area contributed by atoms with Crippen LogP contribution in [0.1, 0.15) is 37.8 Å². The van der Waals surface area contributed by atoms with Gasteiger partial charge in [0.2, 0.25) is 0 Å². The molecular formula is C15H21NO2. The number of hydrogen-bond acceptors (Lipinski definition) is 2. The summed E-state index contributed by atoms with van der Waals surface area (Å²) in [6, 6.07) is 8.12. The Kier molecular flexibility index (Phi) is 3.44. The smallest absolute Gasteiger partial charge is 0.328 e. The summed E-state index contributed by atoms with van der Waals surface area (Å²) in [6.45, 7) is 6.79. The van der Waals surface area contributed by atoms with Crippen LogP contribution >= 0.6 is 0 Å². The molecule has 98 valence electrons. The first-order valence-corrected chi connectivity index (χ1v) is 6.54. The van der Waals surface area contributed by atoms with E-state index < -0.39 is 11.5 Å². The van der Waals surface area contributed by atoms with E-state index in [2.05, 4.69) is 11.8 Å². The second-order valence-corrected chi connectivity index (χ2v) is 5.38. The lowest BCUT2D eigenvalue weighted by molar-refractivity contribution is -0.152. The molecule has 1 heterocycles. The summed E-state index contributed by atoms with van der Waals surface area (Å²) >= 11 is 0. The van der Waals surface area contributed by atoms with Gasteiger partial charge in [-0.15, -0.1) is 0 Å². The molecular weight excluding hydrogens is 226 g/mol. The van der Waals surface area contributed by atoms with Crippen molar-refractivity contribution in [1.29, 1.82) is 0 Å². The molecule has 0 radical (unpaired) electrons. The third-order valence-electron chi connectivity index (χ3n) is 4.21. The Labute approximate surface area is 108 Å². The van der Waals surface area contributed by atoms with Crippen molar-refractivity contribution in [1.82, 2.24) is 4.90 Å². The zero-order chi connectivity index (χ0) is 13.3. The molecule has 0 spiro atoms. The van der Waals surface area contributed by atoms with Crippen molar-refractivity contribution in [2.24, 2.45) is 0 Å². The van der Waals surface area contributed by atoms with Crippen molar-refractivity contribution in [2.75, 3.05) is 6.54 Å². The van der Waals surface area contributed by atoms with Gasteiger partial charge >= 0.3 is 5.97 Å². The number of carbonyl (C=O) groups is 1. The van der Waals surface area contributed by atoms with E-state index in [9.17, 15) is 9.90 Å². The number of carboxylic acid groups (broad SMARTS) is 1. The number of hydrogen-bond donors (Lipinski definition) is 1. The Morgan fingerprint density at radius 2 is 2.11 bits per heavy atom. The quantitative estimate of drug-likeness (QED) is 0.893. The molecule has 3 nitrogen and oxygen atoms in total. The van der Waals surface area contributed by atoms with E-state index in [1.54, 1.807) is 0 Å². The van der Waals surface area contributed by atoms with Crippen molar-refractivity contribution in [3.63, 3.8) is 0 Å². The predicted molar refractivity (Wildman–Crippen MR) is 71.6 cm³/mol. The van der Waals surface area contributed by atoms with Gasteiger partial charge < -0.3 is 5.11 Å². The minimum atomic E-state index is -0.915. The number of carboxylic acids is 1. The molecule has 3 heteroatoms. The summed E-state index contributed by atoms with van der Waals surface area (Å²) in [5, 5.41) is 9.75. The summed E-state index contributed by atoms with van der Waals surface area (Å²) in [5.74, 6) is -0.759. The van der Waals surface area contributed by atoms with Gasteiger partial charge in [-0.2, -0.15) is 0 Å². The summed E-state index contributed by atoms with van der Waals surface area (Å²) in [7, 11) is 0. The second kappa shape index (κ2) is 4.73. The molecule has 2 unspecified atom stereocenters. The molecule has 1 saturated heterocycles. The van der Waals surface area contributed by atoms with Crippen LogP contribution in [0.2, 0.25) is 0 Å². The zero-order valence-corrected chi connectivity index (χ0v) is 11.3. The summed E-state index contributed by atoms with van der Waals surface area (Å²) < 4.78 is 0. The maximum Gasteiger partial charge on any atom is 0.328 e. The third kappa shape index (κ3) is 1.93. The van der Waals surface area contributed by atoms with E-state index in [1.165, 1.54) is 0 Å². The van der Waals surface area contributed by atoms with Crippen LogP contribution in [0.5, 0.6) is 0 Å². The Morgan fingerprint density at radius 1 is 1.44 bits per heavy atom. The largest absolute Gasteiger partial charge is 0.480 e. The molecule has 1 N–H and O–H groups in total. The topological polar surface area (TPSA) is 40.5 Å². The van der Waals surface area contributed by atoms with Crippen LogP contribution in [-0.4, -0.2) is 28.6 Å². The normalized spacial score (nSPS) is 23.8. The molecule has 18 heavy (non-hydrogen) atoms. The Morgan fingerprint density at radius 3 is 2.61 bits per heavy atom. The first-order valence-electron chi connectivity index (χ1n) is 6.54. The monoisotopic (exact) mass is 247 g/mol. The van der Waals surface area contributed by atoms with E-state index in [4.69, 9.17) is 0 Å². The molecule has 1 aromatic rings. The maximum atomic E-state index is 11.9. The first-order chi connectivity index (χ1) is 8.48. The van der Waals surface area contributed by atoms with Gasteiger partial charge in [-0.1, -0.05) is 24.3 Å². The van der Waals surface area contributed by atoms with Crippen molar-refractivity contribution < 1.29 is 9.90 Å². The number of rotatable bonds is 3. The van der Waals surface area contributed by atoms with Crippen molar-refractivity contribution in [2.45, 2.75) is 45.2 Å². The maximum absolute atomic E-state index is 11.9. The molecule has 1 aliphatic heterocycles. The Balaban J connectivity index is 2.51. The minimum absolute atomic E-state index is 0.325. The van der Waals surface area contributed by atoms with Crippen LogP contribution in [0.4, 0.5) is 0 Å². The van der Waals surface area contributed by atoms with E-state index >= 15 is 0 Å². The summed E-state index contributed by atoms with van der Waals surface area (Å²) in [6.07, 6.45) is 2.16. The number of nitrogens with zero attached hydrogens (tertiary/aromatic N) is 1. The van der Waals surface area contributed by atoms with Gasteiger partial charge in [0.15, 0.2) is 0 Å². The Hall–Kier alpha value is -1.35. The number of benzene rings is 1. The van der Waals surface area contributed by atoms with Gasteiger partial charge in [-0.25, -0.2) is 4.79 Å². The molecule has 0 amide bonds. The molecule has 1 aliphatic rings. The number of aliphatic carboxylic acids is 1. The van der Waals surface area contributed by atoms with Crippen LogP contribution in [0.15, 0.2) is 24.3 Å². The average Bonchev–Trinajstić information content (AvgIpc) is 2.75. The number of aryl methyl sites for hydroxylation is 1. The van der Waals surface area contributed by atoms with Gasteiger partial charge in [0.05, 0.1) is 0 Å². The lowest BCUT2D eigenvalue weighted by Crippen LogP contribution is -2.51. The van der Waals surface area contributed by atoms with Crippen LogP contribution in [0.3, 0.4) is 0 Å². The van der Waals surface area contributed by atoms with Crippen LogP contribution in [0, 0.1) is 6.92 Å². The second-order valence-electron chi connectivity index (χ2n) is 5.38. The molecule has 1 fully saturated rings. The van der Waals surface area contributed by atoms with Gasteiger partial charge in [0.25, 0.3) is 0 Å². The van der Waals surface area contributed by atoms with Crippen LogP contribution in [0.25, 0.3) is 0 Å². The highest BCUT2D eigenvalue weighted by Gasteiger charge is 2.45. The van der Waals surface area contributed by atoms with E-state index in [0.717, 1.165) is 30.5 Å². The summed E-state index contributed by atoms with van der Waals surface area (Å²) in [4.78, 5) is 14.0. The van der Waals surface area contributed by atoms with Crippen LogP contribution in [-0.2, 0) is 10.3 Å². The van der Waals surface area contributed by atoms with Crippen molar-refractivity contribution in [3.8, 4) is 0 Å². The SMILES string of the molecule is Cc1ccccc1C(C)(C(=O)O)N1CCCC1C. The lowest BCUT2D eigenvalue weighted by atomic mass is 9.86. The van der Waals surface area contributed by atoms with Gasteiger partial charge in [-0.3, -0.25) is 4.90 Å². The third-order valence-corrected chi connectivity index (χ3v) is 4.21. The van der Waals surface area contributed by atoms with Gasteiger partial charge in [-0.05, 0) is 51.3 Å². The Bertz CT molecular complexity index is 458. The first kappa shape index (κ1) is 13.1. The predicted octanol–water partition coefficient (Wildman–Crippen LogP) is 2.78. The average molecular weight is 247 g/mol. The summed E-state index contributed by atoms with van der Waals surface area (Å²) in [5.41, 5.74) is 1.04. The van der Waals surface area contributed by atoms with Gasteiger partial charge in [0, 0.05) is 6.04 Å². The fourth-order valence-corrected chi connectivity index (χ4v) is 3.11. The fourth-order valence-electron chi connectivity index (χ4n) is 3.11. The molecule has 2 atom stereocenters. The zero-order valence-electron chi connectivity index (χ0n) is 11.3. The van der Waals surface area contributed by atoms with E-state index in [1.807, 2.05) is 38.1 Å². The van der Waals surface area contributed by atoms with Gasteiger partial charge in [0.1, 0.15) is 5.54 Å². The molecule has 0 aliphatic carbocycles. The molecule has 0 saturated carbocycles. The molecule has 2 rings (SSSR count). The lowest BCUT2D eigenvalue weighted by Gasteiger charge is -2.39. The molecule has 1 aromatic carbocycles. The highest BCUT2D eigenvalue weighted by molar-refractivity contribution is 5.81. The standard InChI is InChI=1S/C15H21NO2/c1-11-7-4-5-9-13(11)15(3,14(17)18)16-10-6-8-12(16)2/h4-5,7,9,12H,6,8,10H2,1-3H3,(H,17,18). The van der Waals surface area contributed by atoms with Crippen molar-refractivity contribution >= 4 is 5.97 Å². The van der Waals surface area contributed by atoms with E-state index in [-0.39, 0.29) is 0 Å². The molecule has 0 bridgehead atoms. The van der Waals surface area contributed by atoms with Crippen LogP contribution < -0.4 is 0 Å². The van der Waals surface area contributed by atoms with E-state index in [0.29, 0.717) is 6.04 Å². The molecule has 0 aromatic heterocycles. The van der Waals surface area contributed by atoms with Crippen molar-refractivity contribution in [3.05, 3.63) is 35.4 Å². The number of likely N-dealkylation sites (tertiary alicyclic amines) is 1. The highest BCUT2D eigenvalue weighted by Crippen LogP contribution is 2.36. The highest BCUT2D eigenvalue weighted by atomic mass is 16.4.